The molecule has 0 atom stereocenters. The molecule has 1 N–H and O–H groups in total. The lowest BCUT2D eigenvalue weighted by molar-refractivity contribution is 0.0682. The van der Waals surface area contributed by atoms with E-state index < -0.39 is 0 Å². The predicted octanol–water partition coefficient (Wildman–Crippen LogP) is 3.23. The van der Waals surface area contributed by atoms with Gasteiger partial charge in [0.15, 0.2) is 0 Å². The number of amides is 1. The van der Waals surface area contributed by atoms with Crippen molar-refractivity contribution < 1.29 is 4.79 Å². The maximum absolute atomic E-state index is 12.4. The van der Waals surface area contributed by atoms with E-state index in [4.69, 9.17) is 0 Å². The van der Waals surface area contributed by atoms with Gasteiger partial charge in [-0.05, 0) is 44.0 Å². The molecule has 3 nitrogen and oxygen atoms in total. The molecule has 3 heteroatoms. The van der Waals surface area contributed by atoms with Crippen LogP contribution in [-0.2, 0) is 0 Å². The molecule has 100 valence electrons. The fourth-order valence-corrected chi connectivity index (χ4v) is 1.87. The number of benzene rings is 1. The van der Waals surface area contributed by atoms with Crippen LogP contribution in [0.3, 0.4) is 0 Å². The van der Waals surface area contributed by atoms with Gasteiger partial charge in [0.05, 0.1) is 0 Å². The number of carbonyl (C=O) groups is 1. The summed E-state index contributed by atoms with van der Waals surface area (Å²) in [5.74, 6) is 0.592. The molecule has 1 aromatic rings. The quantitative estimate of drug-likeness (QED) is 0.867. The van der Waals surface area contributed by atoms with Gasteiger partial charge < -0.3 is 10.2 Å². The van der Waals surface area contributed by atoms with Crippen molar-refractivity contribution in [2.24, 2.45) is 5.92 Å². The summed E-state index contributed by atoms with van der Waals surface area (Å²) in [6, 6.07) is 7.85. The van der Waals surface area contributed by atoms with Crippen molar-refractivity contribution in [2.45, 2.75) is 33.7 Å². The van der Waals surface area contributed by atoms with Crippen LogP contribution in [0.1, 0.15) is 38.1 Å². The average Bonchev–Trinajstić information content (AvgIpc) is 2.34. The summed E-state index contributed by atoms with van der Waals surface area (Å²) >= 11 is 0. The largest absolute Gasteiger partial charge is 0.388 e. The normalized spacial score (nSPS) is 10.8. The van der Waals surface area contributed by atoms with Crippen molar-refractivity contribution >= 4 is 11.6 Å². The molecule has 0 saturated heterocycles. The van der Waals surface area contributed by atoms with Gasteiger partial charge in [0.25, 0.3) is 5.91 Å². The van der Waals surface area contributed by atoms with E-state index in [1.165, 1.54) is 0 Å². The molecule has 1 rings (SSSR count). The van der Waals surface area contributed by atoms with Gasteiger partial charge in [-0.1, -0.05) is 13.8 Å². The van der Waals surface area contributed by atoms with Gasteiger partial charge in [-0.25, -0.2) is 0 Å². The van der Waals surface area contributed by atoms with Crippen LogP contribution in [0.4, 0.5) is 5.69 Å². The van der Waals surface area contributed by atoms with Gasteiger partial charge in [0, 0.05) is 30.9 Å². The summed E-state index contributed by atoms with van der Waals surface area (Å²) in [7, 11) is 1.87. The number of hydrogen-bond donors (Lipinski definition) is 1. The van der Waals surface area contributed by atoms with E-state index in [-0.39, 0.29) is 11.9 Å². The lowest BCUT2D eigenvalue weighted by Gasteiger charge is -2.28. The standard InChI is InChI=1S/C15H24N2O/c1-11(2)10-17(12(3)4)15(18)13-6-8-14(16-5)9-7-13/h6-9,11-12,16H,10H2,1-5H3. The van der Waals surface area contributed by atoms with Crippen LogP contribution in [0.2, 0.25) is 0 Å². The van der Waals surface area contributed by atoms with Gasteiger partial charge in [0.1, 0.15) is 0 Å². The zero-order valence-corrected chi connectivity index (χ0v) is 12.0. The van der Waals surface area contributed by atoms with Crippen LogP contribution < -0.4 is 5.32 Å². The van der Waals surface area contributed by atoms with Crippen molar-refractivity contribution in [2.75, 3.05) is 18.9 Å². The zero-order valence-electron chi connectivity index (χ0n) is 12.0. The summed E-state index contributed by atoms with van der Waals surface area (Å²) in [5, 5.41) is 3.05. The van der Waals surface area contributed by atoms with E-state index in [9.17, 15) is 4.79 Å². The SMILES string of the molecule is CNc1ccc(C(=O)N(CC(C)C)C(C)C)cc1. The van der Waals surface area contributed by atoms with Gasteiger partial charge in [0.2, 0.25) is 0 Å². The zero-order chi connectivity index (χ0) is 13.7. The smallest absolute Gasteiger partial charge is 0.254 e. The Morgan fingerprint density at radius 3 is 2.11 bits per heavy atom. The Labute approximate surface area is 110 Å². The van der Waals surface area contributed by atoms with Gasteiger partial charge >= 0.3 is 0 Å². The van der Waals surface area contributed by atoms with E-state index in [1.807, 2.05) is 36.2 Å². The molecule has 0 aliphatic heterocycles. The third-order valence-electron chi connectivity index (χ3n) is 2.87. The molecule has 0 fully saturated rings. The first kappa shape index (κ1) is 14.6. The summed E-state index contributed by atoms with van der Waals surface area (Å²) in [5.41, 5.74) is 1.77. The summed E-state index contributed by atoms with van der Waals surface area (Å²) < 4.78 is 0. The van der Waals surface area contributed by atoms with E-state index in [0.717, 1.165) is 17.8 Å². The highest BCUT2D eigenvalue weighted by Gasteiger charge is 2.19. The van der Waals surface area contributed by atoms with Crippen LogP contribution in [0.5, 0.6) is 0 Å². The number of nitrogens with one attached hydrogen (secondary N) is 1. The van der Waals surface area contributed by atoms with Gasteiger partial charge in [-0.15, -0.1) is 0 Å². The highest BCUT2D eigenvalue weighted by atomic mass is 16.2. The first-order valence-corrected chi connectivity index (χ1v) is 6.54. The topological polar surface area (TPSA) is 32.3 Å². The molecular formula is C15H24N2O. The molecule has 0 aliphatic carbocycles. The molecule has 0 aromatic heterocycles. The molecule has 0 heterocycles. The first-order valence-electron chi connectivity index (χ1n) is 6.54. The Hall–Kier alpha value is -1.51. The summed E-state index contributed by atoms with van der Waals surface area (Å²) in [4.78, 5) is 14.4. The van der Waals surface area contributed by atoms with Crippen molar-refractivity contribution in [3.63, 3.8) is 0 Å². The predicted molar refractivity (Wildman–Crippen MR) is 77.0 cm³/mol. The monoisotopic (exact) mass is 248 g/mol. The Balaban J connectivity index is 2.87. The molecular weight excluding hydrogens is 224 g/mol. The second-order valence-corrected chi connectivity index (χ2v) is 5.27. The fraction of sp³-hybridized carbons (Fsp3) is 0.533. The Morgan fingerprint density at radius 1 is 1.17 bits per heavy atom. The molecule has 1 amide bonds. The summed E-state index contributed by atoms with van der Waals surface area (Å²) in [6.45, 7) is 9.17. The fourth-order valence-electron chi connectivity index (χ4n) is 1.87. The number of nitrogens with zero attached hydrogens (tertiary/aromatic N) is 1. The molecule has 0 unspecified atom stereocenters. The lowest BCUT2D eigenvalue weighted by atomic mass is 10.1. The second kappa shape index (κ2) is 6.43. The number of hydrogen-bond acceptors (Lipinski definition) is 2. The van der Waals surface area contributed by atoms with E-state index in [1.54, 1.807) is 0 Å². The maximum atomic E-state index is 12.4. The molecule has 0 saturated carbocycles. The van der Waals surface area contributed by atoms with Crippen LogP contribution in [0, 0.1) is 5.92 Å². The molecule has 0 aliphatic rings. The van der Waals surface area contributed by atoms with E-state index in [2.05, 4.69) is 33.0 Å². The Bertz CT molecular complexity index is 382. The average molecular weight is 248 g/mol. The van der Waals surface area contributed by atoms with Crippen LogP contribution >= 0.6 is 0 Å². The molecule has 0 radical (unpaired) electrons. The third-order valence-corrected chi connectivity index (χ3v) is 2.87. The Kier molecular flexibility index (Phi) is 5.20. The highest BCUT2D eigenvalue weighted by Crippen LogP contribution is 2.14. The molecule has 18 heavy (non-hydrogen) atoms. The number of anilines is 1. The van der Waals surface area contributed by atoms with Crippen LogP contribution in [0.25, 0.3) is 0 Å². The minimum Gasteiger partial charge on any atom is -0.388 e. The van der Waals surface area contributed by atoms with Crippen LogP contribution in [0.15, 0.2) is 24.3 Å². The molecule has 1 aromatic carbocycles. The Morgan fingerprint density at radius 2 is 1.72 bits per heavy atom. The first-order chi connectivity index (χ1) is 8.45. The highest BCUT2D eigenvalue weighted by molar-refractivity contribution is 5.94. The minimum absolute atomic E-state index is 0.112. The van der Waals surface area contributed by atoms with Crippen molar-refractivity contribution in [1.82, 2.24) is 4.90 Å². The lowest BCUT2D eigenvalue weighted by Crippen LogP contribution is -2.39. The van der Waals surface area contributed by atoms with Crippen molar-refractivity contribution in [1.29, 1.82) is 0 Å². The van der Waals surface area contributed by atoms with Gasteiger partial charge in [-0.2, -0.15) is 0 Å². The van der Waals surface area contributed by atoms with Crippen LogP contribution in [-0.4, -0.2) is 30.4 Å². The minimum atomic E-state index is 0.112. The van der Waals surface area contributed by atoms with Gasteiger partial charge in [-0.3, -0.25) is 4.79 Å². The van der Waals surface area contributed by atoms with E-state index in [0.29, 0.717) is 5.92 Å². The van der Waals surface area contributed by atoms with E-state index >= 15 is 0 Å². The molecule has 0 spiro atoms. The number of carbonyl (C=O) groups excluding carboxylic acids is 1. The second-order valence-electron chi connectivity index (χ2n) is 5.27. The molecule has 0 bridgehead atoms. The van der Waals surface area contributed by atoms with Crippen molar-refractivity contribution in [3.8, 4) is 0 Å². The number of rotatable bonds is 5. The van der Waals surface area contributed by atoms with Crippen molar-refractivity contribution in [3.05, 3.63) is 29.8 Å². The maximum Gasteiger partial charge on any atom is 0.254 e. The third kappa shape index (κ3) is 3.76. The summed E-state index contributed by atoms with van der Waals surface area (Å²) in [6.07, 6.45) is 0.